The minimum atomic E-state index is -0.174. The third-order valence-corrected chi connectivity index (χ3v) is 4.57. The zero-order valence-corrected chi connectivity index (χ0v) is 16.6. The standard InChI is InChI=1S/C22H27N3O3/c1-4-7-21(26)23-16(2)22-24-19-8-5-6-9-20(19)25(22)14-15-28-18-12-10-17(27-3)11-13-18/h5-6,8-13,16H,4,7,14-15H2,1-3H3,(H,23,26). The Morgan fingerprint density at radius 3 is 2.57 bits per heavy atom. The normalized spacial score (nSPS) is 12.0. The number of methoxy groups -OCH3 is 1. The summed E-state index contributed by atoms with van der Waals surface area (Å²) in [4.78, 5) is 16.8. The van der Waals surface area contributed by atoms with Gasteiger partial charge in [-0.2, -0.15) is 0 Å². The van der Waals surface area contributed by atoms with Crippen molar-refractivity contribution in [1.29, 1.82) is 0 Å². The maximum absolute atomic E-state index is 12.0. The molecule has 28 heavy (non-hydrogen) atoms. The minimum Gasteiger partial charge on any atom is -0.497 e. The number of aromatic nitrogens is 2. The lowest BCUT2D eigenvalue weighted by Crippen LogP contribution is -2.28. The average Bonchev–Trinajstić information content (AvgIpc) is 3.07. The van der Waals surface area contributed by atoms with Crippen molar-refractivity contribution in [2.45, 2.75) is 39.3 Å². The van der Waals surface area contributed by atoms with E-state index in [2.05, 4.69) is 9.88 Å². The van der Waals surface area contributed by atoms with Crippen molar-refractivity contribution in [1.82, 2.24) is 14.9 Å². The highest BCUT2D eigenvalue weighted by Crippen LogP contribution is 2.22. The van der Waals surface area contributed by atoms with E-state index in [1.54, 1.807) is 7.11 Å². The molecule has 3 aromatic rings. The zero-order valence-electron chi connectivity index (χ0n) is 16.6. The van der Waals surface area contributed by atoms with Crippen LogP contribution in [0.1, 0.15) is 38.6 Å². The van der Waals surface area contributed by atoms with E-state index in [9.17, 15) is 4.79 Å². The van der Waals surface area contributed by atoms with Crippen LogP contribution >= 0.6 is 0 Å². The number of imidazole rings is 1. The lowest BCUT2D eigenvalue weighted by Gasteiger charge is -2.16. The number of carbonyl (C=O) groups is 1. The molecule has 6 heteroatoms. The van der Waals surface area contributed by atoms with Gasteiger partial charge in [-0.05, 0) is 49.7 Å². The van der Waals surface area contributed by atoms with Crippen molar-refractivity contribution < 1.29 is 14.3 Å². The summed E-state index contributed by atoms with van der Waals surface area (Å²) < 4.78 is 13.2. The van der Waals surface area contributed by atoms with Gasteiger partial charge in [-0.25, -0.2) is 4.98 Å². The number of hydrogen-bond acceptors (Lipinski definition) is 4. The van der Waals surface area contributed by atoms with Crippen LogP contribution in [0.4, 0.5) is 0 Å². The first-order chi connectivity index (χ1) is 13.6. The van der Waals surface area contributed by atoms with E-state index in [1.165, 1.54) is 0 Å². The molecule has 1 N–H and O–H groups in total. The van der Waals surface area contributed by atoms with Gasteiger partial charge < -0.3 is 19.4 Å². The van der Waals surface area contributed by atoms with Crippen LogP contribution in [0.15, 0.2) is 48.5 Å². The first-order valence-corrected chi connectivity index (χ1v) is 9.63. The van der Waals surface area contributed by atoms with Crippen LogP contribution in [0.2, 0.25) is 0 Å². The summed E-state index contributed by atoms with van der Waals surface area (Å²) >= 11 is 0. The summed E-state index contributed by atoms with van der Waals surface area (Å²) in [6.45, 7) is 5.09. The summed E-state index contributed by atoms with van der Waals surface area (Å²) in [6.07, 6.45) is 1.34. The summed E-state index contributed by atoms with van der Waals surface area (Å²) in [5.74, 6) is 2.47. The van der Waals surface area contributed by atoms with Crippen LogP contribution in [0.5, 0.6) is 11.5 Å². The molecule has 1 atom stereocenters. The van der Waals surface area contributed by atoms with E-state index in [-0.39, 0.29) is 11.9 Å². The van der Waals surface area contributed by atoms with Gasteiger partial charge in [0, 0.05) is 6.42 Å². The number of hydrogen-bond donors (Lipinski definition) is 1. The fourth-order valence-corrected chi connectivity index (χ4v) is 3.19. The Balaban J connectivity index is 1.75. The second-order valence-electron chi connectivity index (χ2n) is 6.67. The number of rotatable bonds is 9. The highest BCUT2D eigenvalue weighted by Gasteiger charge is 2.18. The average molecular weight is 381 g/mol. The Morgan fingerprint density at radius 2 is 1.86 bits per heavy atom. The van der Waals surface area contributed by atoms with Gasteiger partial charge in [0.05, 0.1) is 30.7 Å². The van der Waals surface area contributed by atoms with Crippen LogP contribution < -0.4 is 14.8 Å². The van der Waals surface area contributed by atoms with Crippen LogP contribution in [-0.2, 0) is 11.3 Å². The van der Waals surface area contributed by atoms with Crippen molar-refractivity contribution in [3.05, 3.63) is 54.4 Å². The van der Waals surface area contributed by atoms with Gasteiger partial charge in [0.1, 0.15) is 23.9 Å². The largest absolute Gasteiger partial charge is 0.497 e. The number of ether oxygens (including phenoxy) is 2. The highest BCUT2D eigenvalue weighted by atomic mass is 16.5. The molecule has 0 radical (unpaired) electrons. The number of benzene rings is 2. The molecular weight excluding hydrogens is 354 g/mol. The number of fused-ring (bicyclic) bond motifs is 1. The number of nitrogens with zero attached hydrogens (tertiary/aromatic N) is 2. The van der Waals surface area contributed by atoms with Gasteiger partial charge in [0.2, 0.25) is 5.91 Å². The van der Waals surface area contributed by atoms with E-state index in [4.69, 9.17) is 14.5 Å². The van der Waals surface area contributed by atoms with E-state index >= 15 is 0 Å². The second-order valence-corrected chi connectivity index (χ2v) is 6.67. The van der Waals surface area contributed by atoms with Gasteiger partial charge in [-0.15, -0.1) is 0 Å². The number of amides is 1. The second kappa shape index (κ2) is 9.26. The lowest BCUT2D eigenvalue weighted by molar-refractivity contribution is -0.121. The Hall–Kier alpha value is -3.02. The van der Waals surface area contributed by atoms with Crippen LogP contribution in [-0.4, -0.2) is 29.2 Å². The molecule has 1 aromatic heterocycles. The molecule has 2 aromatic carbocycles. The Labute approximate surface area is 165 Å². The minimum absolute atomic E-state index is 0.0445. The van der Waals surface area contributed by atoms with Crippen LogP contribution in [0, 0.1) is 0 Å². The zero-order chi connectivity index (χ0) is 19.9. The van der Waals surface area contributed by atoms with Gasteiger partial charge in [0.25, 0.3) is 0 Å². The van der Waals surface area contributed by atoms with Gasteiger partial charge >= 0.3 is 0 Å². The van der Waals surface area contributed by atoms with E-state index < -0.39 is 0 Å². The summed E-state index contributed by atoms with van der Waals surface area (Å²) in [7, 11) is 1.64. The lowest BCUT2D eigenvalue weighted by atomic mass is 10.2. The monoisotopic (exact) mass is 381 g/mol. The molecule has 0 bridgehead atoms. The third-order valence-electron chi connectivity index (χ3n) is 4.57. The first-order valence-electron chi connectivity index (χ1n) is 9.63. The van der Waals surface area contributed by atoms with Crippen LogP contribution in [0.25, 0.3) is 11.0 Å². The molecule has 0 aliphatic rings. The quantitative estimate of drug-likeness (QED) is 0.606. The summed E-state index contributed by atoms with van der Waals surface area (Å²) in [5, 5.41) is 3.04. The molecule has 0 saturated heterocycles. The third kappa shape index (κ3) is 4.63. The molecule has 3 rings (SSSR count). The predicted octanol–water partition coefficient (Wildman–Crippen LogP) is 4.10. The van der Waals surface area contributed by atoms with Crippen LogP contribution in [0.3, 0.4) is 0 Å². The van der Waals surface area contributed by atoms with Crippen molar-refractivity contribution in [2.75, 3.05) is 13.7 Å². The molecule has 0 aliphatic heterocycles. The first kappa shape index (κ1) is 19.7. The molecule has 1 unspecified atom stereocenters. The molecule has 1 amide bonds. The summed E-state index contributed by atoms with van der Waals surface area (Å²) in [5.41, 5.74) is 1.95. The molecule has 1 heterocycles. The number of carbonyl (C=O) groups excluding carboxylic acids is 1. The highest BCUT2D eigenvalue weighted by molar-refractivity contribution is 5.78. The molecule has 0 aliphatic carbocycles. The fraction of sp³-hybridized carbons (Fsp3) is 0.364. The van der Waals surface area contributed by atoms with Gasteiger partial charge in [0.15, 0.2) is 0 Å². The molecule has 0 saturated carbocycles. The van der Waals surface area contributed by atoms with E-state index in [0.717, 1.165) is 34.8 Å². The summed E-state index contributed by atoms with van der Waals surface area (Å²) in [6, 6.07) is 15.3. The maximum atomic E-state index is 12.0. The maximum Gasteiger partial charge on any atom is 0.220 e. The number of nitrogens with one attached hydrogen (secondary N) is 1. The Morgan fingerprint density at radius 1 is 1.14 bits per heavy atom. The Bertz CT molecular complexity index is 918. The fourth-order valence-electron chi connectivity index (χ4n) is 3.19. The molecule has 0 spiro atoms. The van der Waals surface area contributed by atoms with Gasteiger partial charge in [-0.3, -0.25) is 4.79 Å². The smallest absolute Gasteiger partial charge is 0.220 e. The van der Waals surface area contributed by atoms with Crippen molar-refractivity contribution in [2.24, 2.45) is 0 Å². The molecular formula is C22H27N3O3. The van der Waals surface area contributed by atoms with Crippen molar-refractivity contribution in [3.8, 4) is 11.5 Å². The van der Waals surface area contributed by atoms with Gasteiger partial charge in [-0.1, -0.05) is 19.1 Å². The molecule has 0 fully saturated rings. The Kier molecular flexibility index (Phi) is 6.53. The van der Waals surface area contributed by atoms with E-state index in [1.807, 2.05) is 62.4 Å². The predicted molar refractivity (Wildman–Crippen MR) is 110 cm³/mol. The number of para-hydroxylation sites is 2. The topological polar surface area (TPSA) is 65.4 Å². The molecule has 6 nitrogen and oxygen atoms in total. The van der Waals surface area contributed by atoms with Crippen molar-refractivity contribution in [3.63, 3.8) is 0 Å². The molecule has 148 valence electrons. The SMILES string of the molecule is CCCC(=O)NC(C)c1nc2ccccc2n1CCOc1ccc(OC)cc1. The van der Waals surface area contributed by atoms with E-state index in [0.29, 0.717) is 19.6 Å². The van der Waals surface area contributed by atoms with Crippen molar-refractivity contribution >= 4 is 16.9 Å².